The third kappa shape index (κ3) is 2.23. The highest BCUT2D eigenvalue weighted by Crippen LogP contribution is 2.40. The van der Waals surface area contributed by atoms with Gasteiger partial charge in [-0.25, -0.2) is 0 Å². The van der Waals surface area contributed by atoms with Crippen molar-refractivity contribution in [3.05, 3.63) is 34.4 Å². The monoisotopic (exact) mass is 257 g/mol. The second-order valence-corrected chi connectivity index (χ2v) is 6.38. The zero-order valence-electron chi connectivity index (χ0n) is 12.1. The van der Waals surface area contributed by atoms with Crippen LogP contribution in [0.25, 0.3) is 0 Å². The lowest BCUT2D eigenvalue weighted by molar-refractivity contribution is -0.120. The summed E-state index contributed by atoms with van der Waals surface area (Å²) in [6.07, 6.45) is 2.91. The van der Waals surface area contributed by atoms with Crippen molar-refractivity contribution in [2.75, 3.05) is 6.54 Å². The van der Waals surface area contributed by atoms with Gasteiger partial charge in [0.1, 0.15) is 5.78 Å². The number of benzene rings is 1. The van der Waals surface area contributed by atoms with Gasteiger partial charge < -0.3 is 5.32 Å². The first-order valence-corrected chi connectivity index (χ1v) is 7.42. The molecule has 0 bridgehead atoms. The number of ketones is 1. The van der Waals surface area contributed by atoms with E-state index in [0.29, 0.717) is 17.7 Å². The Morgan fingerprint density at radius 1 is 1.21 bits per heavy atom. The molecule has 1 fully saturated rings. The number of rotatable bonds is 1. The molecule has 2 aliphatic rings. The molecule has 0 radical (unpaired) electrons. The summed E-state index contributed by atoms with van der Waals surface area (Å²) in [5, 5.41) is 3.65. The van der Waals surface area contributed by atoms with Crippen LogP contribution in [0, 0.1) is 25.7 Å². The van der Waals surface area contributed by atoms with E-state index >= 15 is 0 Å². The molecule has 102 valence electrons. The molecule has 0 spiro atoms. The van der Waals surface area contributed by atoms with Gasteiger partial charge in [-0.2, -0.15) is 0 Å². The average molecular weight is 257 g/mol. The molecule has 3 atom stereocenters. The van der Waals surface area contributed by atoms with Crippen LogP contribution < -0.4 is 5.32 Å². The first-order chi connectivity index (χ1) is 9.06. The number of carbonyl (C=O) groups excluding carboxylic acids is 1. The Morgan fingerprint density at radius 3 is 2.63 bits per heavy atom. The Labute approximate surface area is 115 Å². The molecule has 1 unspecified atom stereocenters. The molecule has 1 N–H and O–H groups in total. The summed E-state index contributed by atoms with van der Waals surface area (Å²) in [6, 6.07) is 5.07. The van der Waals surface area contributed by atoms with E-state index in [1.54, 1.807) is 0 Å². The minimum Gasteiger partial charge on any atom is -0.309 e. The van der Waals surface area contributed by atoms with Gasteiger partial charge in [-0.3, -0.25) is 4.79 Å². The van der Waals surface area contributed by atoms with E-state index in [1.165, 1.54) is 22.3 Å². The predicted molar refractivity (Wildman–Crippen MR) is 77.3 cm³/mol. The van der Waals surface area contributed by atoms with Gasteiger partial charge in [0.05, 0.1) is 0 Å². The Bertz CT molecular complexity index is 520. The Kier molecular flexibility index (Phi) is 3.22. The number of fused-ring (bicyclic) bond motifs is 1. The quantitative estimate of drug-likeness (QED) is 0.837. The summed E-state index contributed by atoms with van der Waals surface area (Å²) >= 11 is 0. The standard InChI is InChI=1S/C17H23NO/c1-10-6-13-4-5-18-17(15(13)8-11(10)2)14-7-12(3)16(19)9-14/h6,8,12,14,17-18H,4-5,7,9H2,1-3H3/t12?,14-,17-/m1/s1. The summed E-state index contributed by atoms with van der Waals surface area (Å²) in [5.41, 5.74) is 5.68. The summed E-state index contributed by atoms with van der Waals surface area (Å²) in [6.45, 7) is 7.49. The number of hydrogen-bond donors (Lipinski definition) is 1. The van der Waals surface area contributed by atoms with E-state index in [-0.39, 0.29) is 5.92 Å². The molecule has 1 saturated carbocycles. The summed E-state index contributed by atoms with van der Waals surface area (Å²) in [4.78, 5) is 11.8. The molecule has 1 aliphatic carbocycles. The normalized spacial score (nSPS) is 30.5. The molecular formula is C17H23NO. The van der Waals surface area contributed by atoms with Crippen LogP contribution in [0.2, 0.25) is 0 Å². The third-order valence-electron chi connectivity index (χ3n) is 4.99. The van der Waals surface area contributed by atoms with Gasteiger partial charge in [-0.05, 0) is 61.4 Å². The highest BCUT2D eigenvalue weighted by molar-refractivity contribution is 5.83. The molecule has 0 saturated heterocycles. The van der Waals surface area contributed by atoms with Crippen molar-refractivity contribution in [3.8, 4) is 0 Å². The molecule has 0 aromatic heterocycles. The molecule has 1 aliphatic heterocycles. The predicted octanol–water partition coefficient (Wildman–Crippen LogP) is 3.11. The van der Waals surface area contributed by atoms with Gasteiger partial charge in [0.25, 0.3) is 0 Å². The topological polar surface area (TPSA) is 29.1 Å². The van der Waals surface area contributed by atoms with E-state index in [9.17, 15) is 4.79 Å². The van der Waals surface area contributed by atoms with Crippen LogP contribution in [0.1, 0.15) is 48.1 Å². The van der Waals surface area contributed by atoms with Gasteiger partial charge in [0.2, 0.25) is 0 Å². The van der Waals surface area contributed by atoms with E-state index in [1.807, 2.05) is 0 Å². The van der Waals surface area contributed by atoms with Crippen molar-refractivity contribution in [1.29, 1.82) is 0 Å². The average Bonchev–Trinajstić information content (AvgIpc) is 2.70. The van der Waals surface area contributed by atoms with Crippen LogP contribution in [-0.2, 0) is 11.2 Å². The van der Waals surface area contributed by atoms with Crippen molar-refractivity contribution < 1.29 is 4.79 Å². The zero-order chi connectivity index (χ0) is 13.6. The van der Waals surface area contributed by atoms with Gasteiger partial charge in [0.15, 0.2) is 0 Å². The fourth-order valence-electron chi connectivity index (χ4n) is 3.68. The van der Waals surface area contributed by atoms with Crippen molar-refractivity contribution >= 4 is 5.78 Å². The highest BCUT2D eigenvalue weighted by atomic mass is 16.1. The van der Waals surface area contributed by atoms with Gasteiger partial charge in [-0.1, -0.05) is 19.1 Å². The summed E-state index contributed by atoms with van der Waals surface area (Å²) < 4.78 is 0. The van der Waals surface area contributed by atoms with Crippen LogP contribution in [0.5, 0.6) is 0 Å². The van der Waals surface area contributed by atoms with Crippen LogP contribution >= 0.6 is 0 Å². The minimum atomic E-state index is 0.253. The molecule has 0 amide bonds. The SMILES string of the molecule is Cc1cc2c(cc1C)[C@@H]([C@H]1CC(=O)C(C)C1)NCC2. The third-order valence-corrected chi connectivity index (χ3v) is 4.99. The maximum Gasteiger partial charge on any atom is 0.136 e. The van der Waals surface area contributed by atoms with Crippen molar-refractivity contribution in [3.63, 3.8) is 0 Å². The fourth-order valence-corrected chi connectivity index (χ4v) is 3.68. The van der Waals surface area contributed by atoms with E-state index < -0.39 is 0 Å². The molecular weight excluding hydrogens is 234 g/mol. The largest absolute Gasteiger partial charge is 0.309 e. The van der Waals surface area contributed by atoms with E-state index in [0.717, 1.165) is 25.8 Å². The second-order valence-electron chi connectivity index (χ2n) is 6.38. The lowest BCUT2D eigenvalue weighted by Crippen LogP contribution is -2.34. The Hall–Kier alpha value is -1.15. The first kappa shape index (κ1) is 12.9. The summed E-state index contributed by atoms with van der Waals surface area (Å²) in [7, 11) is 0. The van der Waals surface area contributed by atoms with Crippen LogP contribution in [0.4, 0.5) is 0 Å². The molecule has 1 aromatic carbocycles. The Morgan fingerprint density at radius 2 is 1.95 bits per heavy atom. The number of nitrogens with one attached hydrogen (secondary N) is 1. The lowest BCUT2D eigenvalue weighted by Gasteiger charge is -2.32. The minimum absolute atomic E-state index is 0.253. The second kappa shape index (κ2) is 4.75. The van der Waals surface area contributed by atoms with Crippen molar-refractivity contribution in [2.24, 2.45) is 11.8 Å². The van der Waals surface area contributed by atoms with Crippen LogP contribution in [0.15, 0.2) is 12.1 Å². The maximum absolute atomic E-state index is 11.8. The molecule has 2 heteroatoms. The van der Waals surface area contributed by atoms with Crippen LogP contribution in [-0.4, -0.2) is 12.3 Å². The van der Waals surface area contributed by atoms with Crippen molar-refractivity contribution in [1.82, 2.24) is 5.32 Å². The van der Waals surface area contributed by atoms with Crippen LogP contribution in [0.3, 0.4) is 0 Å². The smallest absolute Gasteiger partial charge is 0.136 e. The Balaban J connectivity index is 1.94. The van der Waals surface area contributed by atoms with E-state index in [2.05, 4.69) is 38.2 Å². The number of carbonyl (C=O) groups is 1. The molecule has 3 rings (SSSR count). The number of hydrogen-bond acceptors (Lipinski definition) is 2. The maximum atomic E-state index is 11.8. The number of Topliss-reactive ketones (excluding diaryl/α,β-unsaturated/α-hetero) is 1. The zero-order valence-corrected chi connectivity index (χ0v) is 12.1. The highest BCUT2D eigenvalue weighted by Gasteiger charge is 2.36. The number of aryl methyl sites for hydroxylation is 2. The lowest BCUT2D eigenvalue weighted by atomic mass is 9.83. The first-order valence-electron chi connectivity index (χ1n) is 7.42. The van der Waals surface area contributed by atoms with Crippen molar-refractivity contribution in [2.45, 2.75) is 46.1 Å². The molecule has 19 heavy (non-hydrogen) atoms. The van der Waals surface area contributed by atoms with Gasteiger partial charge in [0, 0.05) is 18.4 Å². The summed E-state index contributed by atoms with van der Waals surface area (Å²) in [5.74, 6) is 1.19. The van der Waals surface area contributed by atoms with Gasteiger partial charge in [-0.15, -0.1) is 0 Å². The van der Waals surface area contributed by atoms with Gasteiger partial charge >= 0.3 is 0 Å². The molecule has 1 heterocycles. The fraction of sp³-hybridized carbons (Fsp3) is 0.588. The van der Waals surface area contributed by atoms with E-state index in [4.69, 9.17) is 0 Å². The molecule has 2 nitrogen and oxygen atoms in total. The molecule has 1 aromatic rings.